The molecule has 4 unspecified atom stereocenters. The van der Waals surface area contributed by atoms with Gasteiger partial charge in [0.05, 0.1) is 38.2 Å². The fraction of sp³-hybridized carbons (Fsp3) is 0.314. The fourth-order valence-electron chi connectivity index (χ4n) is 6.38. The molecule has 5 aromatic rings. The van der Waals surface area contributed by atoms with Gasteiger partial charge in [0.2, 0.25) is 5.95 Å². The van der Waals surface area contributed by atoms with Crippen LogP contribution < -0.4 is 15.0 Å². The number of rotatable bonds is 11. The van der Waals surface area contributed by atoms with E-state index in [0.29, 0.717) is 5.75 Å². The number of aromatic nitrogens is 4. The van der Waals surface area contributed by atoms with Crippen molar-refractivity contribution in [3.63, 3.8) is 0 Å². The number of methoxy groups -OCH3 is 2. The summed E-state index contributed by atoms with van der Waals surface area (Å²) < 4.78 is 24.9. The molecule has 7 rings (SSSR count). The lowest BCUT2D eigenvalue weighted by atomic mass is 9.84. The first-order valence-corrected chi connectivity index (χ1v) is 16.4. The van der Waals surface area contributed by atoms with Crippen LogP contribution in [0.5, 0.6) is 11.5 Å². The summed E-state index contributed by atoms with van der Waals surface area (Å²) in [6.07, 6.45) is 0.611. The molecule has 2 aromatic heterocycles. The van der Waals surface area contributed by atoms with E-state index in [-0.39, 0.29) is 23.7 Å². The van der Waals surface area contributed by atoms with Gasteiger partial charge in [-0.3, -0.25) is 14.3 Å². The minimum atomic E-state index is -1.07. The second-order valence-electron chi connectivity index (χ2n) is 12.0. The molecule has 248 valence electrons. The molecule has 2 saturated heterocycles. The highest BCUT2D eigenvalue weighted by Crippen LogP contribution is 2.54. The standard InChI is InChI=1S/C35H36N6O6S/c1-40(2)20-37-33-38-30-27(31(43)39-33)36-21-41(30)32-28-29(42)34(47-32,18-46-28)19-48-35(22-8-6-5-7-9-22,23-10-14-25(44-3)15-11-23)24-12-16-26(45-4)17-13-24/h5-17,20-21,28-29,32,42H,18-19H2,1-4H3,(H,38,39,43)/b37-20+. The smallest absolute Gasteiger partial charge is 0.280 e. The first kappa shape index (κ1) is 31.9. The topological polar surface area (TPSA) is 136 Å². The lowest BCUT2D eigenvalue weighted by Crippen LogP contribution is -2.44. The van der Waals surface area contributed by atoms with Crippen LogP contribution in [-0.2, 0) is 14.2 Å². The molecule has 48 heavy (non-hydrogen) atoms. The Morgan fingerprint density at radius 3 is 2.27 bits per heavy atom. The molecule has 0 saturated carbocycles. The van der Waals surface area contributed by atoms with E-state index in [1.807, 2.05) is 56.6 Å². The molecule has 0 amide bonds. The number of aromatic amines is 1. The van der Waals surface area contributed by atoms with Gasteiger partial charge in [0.1, 0.15) is 29.3 Å². The summed E-state index contributed by atoms with van der Waals surface area (Å²) in [5.41, 5.74) is 2.04. The van der Waals surface area contributed by atoms with Crippen LogP contribution >= 0.6 is 11.8 Å². The molecule has 13 heteroatoms. The van der Waals surface area contributed by atoms with E-state index in [9.17, 15) is 9.90 Å². The molecular weight excluding hydrogens is 632 g/mol. The Morgan fingerprint density at radius 2 is 1.67 bits per heavy atom. The minimum absolute atomic E-state index is 0.129. The number of nitrogens with zero attached hydrogens (tertiary/aromatic N) is 5. The number of aliphatic imine (C=N–C) groups is 1. The Kier molecular flexibility index (Phi) is 8.46. The van der Waals surface area contributed by atoms with Gasteiger partial charge in [-0.2, -0.15) is 4.98 Å². The van der Waals surface area contributed by atoms with E-state index in [4.69, 9.17) is 18.9 Å². The van der Waals surface area contributed by atoms with E-state index in [2.05, 4.69) is 56.3 Å². The number of ether oxygens (including phenoxy) is 4. The molecule has 0 radical (unpaired) electrons. The normalized spacial score (nSPS) is 22.1. The Balaban J connectivity index is 1.28. The van der Waals surface area contributed by atoms with Crippen LogP contribution in [0.25, 0.3) is 11.2 Å². The highest BCUT2D eigenvalue weighted by Gasteiger charge is 2.62. The van der Waals surface area contributed by atoms with E-state index in [1.165, 1.54) is 6.33 Å². The van der Waals surface area contributed by atoms with Gasteiger partial charge in [-0.25, -0.2) is 9.98 Å². The number of benzene rings is 3. The molecule has 0 spiro atoms. The zero-order valence-electron chi connectivity index (χ0n) is 26.9. The van der Waals surface area contributed by atoms with Crippen molar-refractivity contribution in [2.45, 2.75) is 28.8 Å². The summed E-state index contributed by atoms with van der Waals surface area (Å²) in [5.74, 6) is 2.00. The molecule has 3 aromatic carbocycles. The van der Waals surface area contributed by atoms with Crippen molar-refractivity contribution < 1.29 is 24.1 Å². The predicted octanol–water partition coefficient (Wildman–Crippen LogP) is 4.11. The molecule has 2 aliphatic heterocycles. The zero-order chi connectivity index (χ0) is 33.5. The first-order chi connectivity index (χ1) is 23.3. The van der Waals surface area contributed by atoms with Gasteiger partial charge in [-0.1, -0.05) is 54.6 Å². The monoisotopic (exact) mass is 668 g/mol. The largest absolute Gasteiger partial charge is 0.497 e. The second-order valence-corrected chi connectivity index (χ2v) is 13.2. The number of fused-ring (bicyclic) bond motifs is 3. The number of hydrogen-bond donors (Lipinski definition) is 2. The zero-order valence-corrected chi connectivity index (χ0v) is 27.8. The third kappa shape index (κ3) is 5.42. The number of aliphatic hydroxyl groups excluding tert-OH is 1. The summed E-state index contributed by atoms with van der Waals surface area (Å²) in [6.45, 7) is 0.192. The molecule has 2 bridgehead atoms. The molecule has 2 N–H and O–H groups in total. The number of nitrogens with one attached hydrogen (secondary N) is 1. The lowest BCUT2D eigenvalue weighted by molar-refractivity contribution is -0.162. The number of hydrogen-bond acceptors (Lipinski definition) is 10. The third-order valence-corrected chi connectivity index (χ3v) is 10.6. The van der Waals surface area contributed by atoms with Crippen molar-refractivity contribution in [3.8, 4) is 11.5 Å². The average Bonchev–Trinajstić information content (AvgIpc) is 3.77. The Hall–Kier alpha value is -4.69. The van der Waals surface area contributed by atoms with Crippen LogP contribution in [0, 0.1) is 0 Å². The maximum absolute atomic E-state index is 12.9. The van der Waals surface area contributed by atoms with Gasteiger partial charge in [-0.15, -0.1) is 11.8 Å². The second kappa shape index (κ2) is 12.7. The van der Waals surface area contributed by atoms with Crippen molar-refractivity contribution in [2.75, 3.05) is 40.7 Å². The third-order valence-electron chi connectivity index (χ3n) is 8.82. The van der Waals surface area contributed by atoms with Crippen molar-refractivity contribution in [2.24, 2.45) is 4.99 Å². The molecular formula is C35H36N6O6S. The first-order valence-electron chi connectivity index (χ1n) is 15.4. The Labute approximate surface area is 281 Å². The number of aliphatic hydroxyl groups is 1. The Bertz CT molecular complexity index is 1930. The molecule has 4 heterocycles. The maximum Gasteiger partial charge on any atom is 0.280 e. The van der Waals surface area contributed by atoms with Crippen LogP contribution in [0.3, 0.4) is 0 Å². The molecule has 12 nitrogen and oxygen atoms in total. The number of imidazole rings is 1. The summed E-state index contributed by atoms with van der Waals surface area (Å²) in [4.78, 5) is 30.4. The van der Waals surface area contributed by atoms with Crippen molar-refractivity contribution in [1.29, 1.82) is 0 Å². The number of H-pyrrole nitrogens is 1. The van der Waals surface area contributed by atoms with Gasteiger partial charge in [-0.05, 0) is 41.0 Å². The lowest BCUT2D eigenvalue weighted by Gasteiger charge is -2.39. The van der Waals surface area contributed by atoms with Crippen LogP contribution in [0.15, 0.2) is 95.0 Å². The van der Waals surface area contributed by atoms with Crippen molar-refractivity contribution in [3.05, 3.63) is 112 Å². The summed E-state index contributed by atoms with van der Waals surface area (Å²) in [5, 5.41) is 11.8. The van der Waals surface area contributed by atoms with E-state index in [1.54, 1.807) is 41.8 Å². The summed E-state index contributed by atoms with van der Waals surface area (Å²) >= 11 is 1.66. The predicted molar refractivity (Wildman–Crippen MR) is 183 cm³/mol. The van der Waals surface area contributed by atoms with Crippen LogP contribution in [-0.4, -0.2) is 94.3 Å². The van der Waals surface area contributed by atoms with E-state index >= 15 is 0 Å². The molecule has 4 atom stereocenters. The number of thioether (sulfide) groups is 1. The fourth-order valence-corrected chi connectivity index (χ4v) is 8.07. The SMILES string of the molecule is COc1ccc(C(SCC23COC(C(n4cnc5c(=O)[nH]c(/N=C/N(C)C)nc54)O2)C3O)(c2ccccc2)c2ccc(OC)cc2)cc1. The van der Waals surface area contributed by atoms with Crippen LogP contribution in [0.1, 0.15) is 22.9 Å². The molecule has 0 aliphatic carbocycles. The quantitative estimate of drug-likeness (QED) is 0.120. The molecule has 2 aliphatic rings. The van der Waals surface area contributed by atoms with E-state index < -0.39 is 34.3 Å². The highest BCUT2D eigenvalue weighted by molar-refractivity contribution is 8.00. The Morgan fingerprint density at radius 1 is 1.04 bits per heavy atom. The summed E-state index contributed by atoms with van der Waals surface area (Å²) in [7, 11) is 6.93. The average molecular weight is 669 g/mol. The van der Waals surface area contributed by atoms with Gasteiger partial charge in [0, 0.05) is 19.8 Å². The maximum atomic E-state index is 12.9. The van der Waals surface area contributed by atoms with Gasteiger partial charge < -0.3 is 29.0 Å². The minimum Gasteiger partial charge on any atom is -0.497 e. The van der Waals surface area contributed by atoms with Gasteiger partial charge >= 0.3 is 0 Å². The van der Waals surface area contributed by atoms with Crippen LogP contribution in [0.2, 0.25) is 0 Å². The highest BCUT2D eigenvalue weighted by atomic mass is 32.2. The van der Waals surface area contributed by atoms with Crippen molar-refractivity contribution >= 4 is 35.2 Å². The van der Waals surface area contributed by atoms with Gasteiger partial charge in [0.25, 0.3) is 5.56 Å². The van der Waals surface area contributed by atoms with Crippen LogP contribution in [0.4, 0.5) is 5.95 Å². The molecule has 2 fully saturated rings. The van der Waals surface area contributed by atoms with Gasteiger partial charge in [0.15, 0.2) is 17.4 Å². The summed E-state index contributed by atoms with van der Waals surface area (Å²) in [6, 6.07) is 26.4. The van der Waals surface area contributed by atoms with E-state index in [0.717, 1.165) is 28.2 Å². The van der Waals surface area contributed by atoms with Crippen molar-refractivity contribution in [1.82, 2.24) is 24.4 Å².